The smallest absolute Gasteiger partial charge is 0.241 e. The number of morpholine rings is 1. The van der Waals surface area contributed by atoms with Gasteiger partial charge in [-0.05, 0) is 42.8 Å². The lowest BCUT2D eigenvalue weighted by molar-refractivity contribution is -0.132. The molecule has 114 valence electrons. The fourth-order valence-corrected chi connectivity index (χ4v) is 4.10. The fourth-order valence-electron chi connectivity index (χ4n) is 2.75. The molecule has 0 spiro atoms. The first-order valence-electron chi connectivity index (χ1n) is 6.88. The second-order valence-electron chi connectivity index (χ2n) is 6.00. The summed E-state index contributed by atoms with van der Waals surface area (Å²) in [7, 11) is 0. The summed E-state index contributed by atoms with van der Waals surface area (Å²) < 4.78 is 12.3. The molecule has 1 saturated heterocycles. The van der Waals surface area contributed by atoms with Crippen LogP contribution in [0.2, 0.25) is 0 Å². The average molecular weight is 372 g/mol. The fraction of sp³-hybridized carbons (Fsp3) is 0.571. The molecule has 2 aromatic heterocycles. The Kier molecular flexibility index (Phi) is 4.18. The minimum absolute atomic E-state index is 0.140. The molecule has 0 N–H and O–H groups in total. The number of aromatic nitrogens is 2. The van der Waals surface area contributed by atoms with Crippen molar-refractivity contribution in [2.45, 2.75) is 39.0 Å². The summed E-state index contributed by atoms with van der Waals surface area (Å²) in [6.45, 7) is 8.72. The molecule has 21 heavy (non-hydrogen) atoms. The first kappa shape index (κ1) is 15.1. The van der Waals surface area contributed by atoms with Crippen LogP contribution in [0.25, 0.3) is 10.7 Å². The van der Waals surface area contributed by atoms with Crippen molar-refractivity contribution in [1.82, 2.24) is 15.0 Å². The highest BCUT2D eigenvalue weighted by molar-refractivity contribution is 9.10. The number of nitrogens with zero attached hydrogens (tertiary/aromatic N) is 3. The summed E-state index contributed by atoms with van der Waals surface area (Å²) in [5.41, 5.74) is -0.140. The Morgan fingerprint density at radius 2 is 2.33 bits per heavy atom. The molecule has 3 rings (SSSR count). The standard InChI is InChI=1S/C14H18BrN3O2S/c1-9-5-18(8-14(2,3)19-9)6-12-16-13(17-20-12)11-4-10(15)7-21-11/h4,7,9H,5-6,8H2,1-3H3/t9-/m1/s1. The second kappa shape index (κ2) is 5.79. The SMILES string of the molecule is C[C@@H]1CN(Cc2nc(-c3cc(Br)cs3)no2)CC(C)(C)O1. The van der Waals surface area contributed by atoms with E-state index in [-0.39, 0.29) is 11.7 Å². The molecule has 0 radical (unpaired) electrons. The van der Waals surface area contributed by atoms with Crippen LogP contribution in [0.15, 0.2) is 20.4 Å². The van der Waals surface area contributed by atoms with E-state index in [0.717, 1.165) is 22.4 Å². The van der Waals surface area contributed by atoms with Gasteiger partial charge in [0.25, 0.3) is 0 Å². The summed E-state index contributed by atoms with van der Waals surface area (Å²) in [5.74, 6) is 1.31. The number of rotatable bonds is 3. The largest absolute Gasteiger partial charge is 0.370 e. The van der Waals surface area contributed by atoms with E-state index in [4.69, 9.17) is 9.26 Å². The minimum atomic E-state index is -0.140. The highest BCUT2D eigenvalue weighted by atomic mass is 79.9. The zero-order valence-electron chi connectivity index (χ0n) is 12.3. The van der Waals surface area contributed by atoms with Crippen molar-refractivity contribution in [3.05, 3.63) is 21.8 Å². The van der Waals surface area contributed by atoms with Crippen LogP contribution in [0, 0.1) is 0 Å². The molecule has 1 aliphatic rings. The average Bonchev–Trinajstić information content (AvgIpc) is 2.95. The van der Waals surface area contributed by atoms with Gasteiger partial charge in [-0.1, -0.05) is 5.16 Å². The first-order chi connectivity index (χ1) is 9.91. The van der Waals surface area contributed by atoms with E-state index in [2.05, 4.69) is 51.7 Å². The van der Waals surface area contributed by atoms with Crippen LogP contribution in [0.4, 0.5) is 0 Å². The molecule has 0 saturated carbocycles. The number of thiophene rings is 1. The van der Waals surface area contributed by atoms with Crippen LogP contribution < -0.4 is 0 Å². The molecule has 1 aliphatic heterocycles. The van der Waals surface area contributed by atoms with Gasteiger partial charge >= 0.3 is 0 Å². The van der Waals surface area contributed by atoms with E-state index in [9.17, 15) is 0 Å². The Bertz CT molecular complexity index is 625. The summed E-state index contributed by atoms with van der Waals surface area (Å²) >= 11 is 5.03. The van der Waals surface area contributed by atoms with Crippen molar-refractivity contribution in [2.75, 3.05) is 13.1 Å². The molecule has 0 aliphatic carbocycles. The third-order valence-corrected chi connectivity index (χ3v) is 4.94. The van der Waals surface area contributed by atoms with Crippen LogP contribution in [0.3, 0.4) is 0 Å². The van der Waals surface area contributed by atoms with E-state index in [1.54, 1.807) is 11.3 Å². The van der Waals surface area contributed by atoms with Gasteiger partial charge in [0, 0.05) is 22.9 Å². The van der Waals surface area contributed by atoms with E-state index in [0.29, 0.717) is 18.3 Å². The van der Waals surface area contributed by atoms with Crippen molar-refractivity contribution in [3.63, 3.8) is 0 Å². The molecule has 5 nitrogen and oxygen atoms in total. The molecule has 1 fully saturated rings. The van der Waals surface area contributed by atoms with Gasteiger partial charge in [-0.15, -0.1) is 11.3 Å². The van der Waals surface area contributed by atoms with Gasteiger partial charge in [-0.3, -0.25) is 4.90 Å². The quantitative estimate of drug-likeness (QED) is 0.825. The minimum Gasteiger partial charge on any atom is -0.370 e. The predicted molar refractivity (Wildman–Crippen MR) is 85.2 cm³/mol. The molecule has 0 aromatic carbocycles. The van der Waals surface area contributed by atoms with Crippen LogP contribution >= 0.6 is 27.3 Å². The summed E-state index contributed by atoms with van der Waals surface area (Å²) in [6.07, 6.45) is 0.212. The van der Waals surface area contributed by atoms with E-state index in [1.165, 1.54) is 0 Å². The van der Waals surface area contributed by atoms with Gasteiger partial charge in [-0.25, -0.2) is 0 Å². The number of hydrogen-bond donors (Lipinski definition) is 0. The van der Waals surface area contributed by atoms with Gasteiger partial charge in [-0.2, -0.15) is 4.98 Å². The lowest BCUT2D eigenvalue weighted by Gasteiger charge is -2.41. The maximum atomic E-state index is 5.91. The maximum Gasteiger partial charge on any atom is 0.241 e. The Balaban J connectivity index is 1.70. The predicted octanol–water partition coefficient (Wildman–Crippen LogP) is 3.56. The van der Waals surface area contributed by atoms with Crippen LogP contribution in [-0.4, -0.2) is 39.8 Å². The lowest BCUT2D eigenvalue weighted by Crippen LogP contribution is -2.51. The summed E-state index contributed by atoms with van der Waals surface area (Å²) in [4.78, 5) is 7.80. The number of ether oxygens (including phenoxy) is 1. The molecule has 0 bridgehead atoms. The zero-order valence-corrected chi connectivity index (χ0v) is 14.7. The van der Waals surface area contributed by atoms with Gasteiger partial charge in [0.1, 0.15) is 0 Å². The molecule has 2 aromatic rings. The Morgan fingerprint density at radius 1 is 1.52 bits per heavy atom. The molecular formula is C14H18BrN3O2S. The third-order valence-electron chi connectivity index (χ3n) is 3.25. The molecule has 0 unspecified atom stereocenters. The van der Waals surface area contributed by atoms with E-state index >= 15 is 0 Å². The maximum absolute atomic E-state index is 5.91. The van der Waals surface area contributed by atoms with Crippen molar-refractivity contribution in [1.29, 1.82) is 0 Å². The van der Waals surface area contributed by atoms with Crippen LogP contribution in [0.1, 0.15) is 26.7 Å². The van der Waals surface area contributed by atoms with E-state index < -0.39 is 0 Å². The number of hydrogen-bond acceptors (Lipinski definition) is 6. The molecule has 0 amide bonds. The molecular weight excluding hydrogens is 354 g/mol. The van der Waals surface area contributed by atoms with Gasteiger partial charge in [0.15, 0.2) is 0 Å². The molecule has 3 heterocycles. The summed E-state index contributed by atoms with van der Waals surface area (Å²) in [6, 6.07) is 2.00. The first-order valence-corrected chi connectivity index (χ1v) is 8.56. The Hall–Kier alpha value is -0.760. The highest BCUT2D eigenvalue weighted by Gasteiger charge is 2.32. The summed E-state index contributed by atoms with van der Waals surface area (Å²) in [5, 5.41) is 6.08. The van der Waals surface area contributed by atoms with Crippen LogP contribution in [0.5, 0.6) is 0 Å². The third kappa shape index (κ3) is 3.71. The van der Waals surface area contributed by atoms with Gasteiger partial charge in [0.2, 0.25) is 11.7 Å². The zero-order chi connectivity index (χ0) is 15.0. The van der Waals surface area contributed by atoms with Crippen molar-refractivity contribution < 1.29 is 9.26 Å². The highest BCUT2D eigenvalue weighted by Crippen LogP contribution is 2.28. The van der Waals surface area contributed by atoms with Crippen molar-refractivity contribution in [2.24, 2.45) is 0 Å². The van der Waals surface area contributed by atoms with Crippen molar-refractivity contribution >= 4 is 27.3 Å². The molecule has 7 heteroatoms. The monoisotopic (exact) mass is 371 g/mol. The Labute approximate surface area is 136 Å². The van der Waals surface area contributed by atoms with Gasteiger partial charge in [0.05, 0.1) is 23.1 Å². The van der Waals surface area contributed by atoms with Crippen molar-refractivity contribution in [3.8, 4) is 10.7 Å². The molecule has 1 atom stereocenters. The second-order valence-corrected chi connectivity index (χ2v) is 7.83. The lowest BCUT2D eigenvalue weighted by atomic mass is 10.1. The van der Waals surface area contributed by atoms with Crippen LogP contribution in [-0.2, 0) is 11.3 Å². The Morgan fingerprint density at radius 3 is 3.00 bits per heavy atom. The van der Waals surface area contributed by atoms with E-state index in [1.807, 2.05) is 11.4 Å². The normalized spacial score (nSPS) is 22.6. The topological polar surface area (TPSA) is 51.4 Å². The van der Waals surface area contributed by atoms with Gasteiger partial charge < -0.3 is 9.26 Å². The number of halogens is 1.